The maximum atomic E-state index is 13.8. The van der Waals surface area contributed by atoms with Crippen molar-refractivity contribution < 1.29 is 14.7 Å². The Hall–Kier alpha value is -3.35. The molecule has 0 bridgehead atoms. The molecule has 2 N–H and O–H groups in total. The van der Waals surface area contributed by atoms with Crippen molar-refractivity contribution in [3.63, 3.8) is 0 Å². The molecule has 2 atom stereocenters. The summed E-state index contributed by atoms with van der Waals surface area (Å²) in [5.41, 5.74) is 3.47. The van der Waals surface area contributed by atoms with Crippen LogP contribution >= 0.6 is 11.8 Å². The molecule has 1 aliphatic carbocycles. The first-order valence-corrected chi connectivity index (χ1v) is 14.0. The van der Waals surface area contributed by atoms with Gasteiger partial charge >= 0.3 is 5.97 Å². The largest absolute Gasteiger partial charge is 0.477 e. The number of carbonyl (C=O) groups excluding carboxylic acids is 1. The van der Waals surface area contributed by atoms with Crippen molar-refractivity contribution in [2.24, 2.45) is 5.92 Å². The number of amides is 1. The Balaban J connectivity index is 1.44. The Morgan fingerprint density at radius 3 is 1.78 bits per heavy atom. The average Bonchev–Trinajstić information content (AvgIpc) is 3.49. The van der Waals surface area contributed by atoms with E-state index in [0.29, 0.717) is 5.75 Å². The van der Waals surface area contributed by atoms with Crippen molar-refractivity contribution in [1.82, 2.24) is 10.2 Å². The van der Waals surface area contributed by atoms with E-state index in [4.69, 9.17) is 0 Å². The minimum atomic E-state index is -0.987. The van der Waals surface area contributed by atoms with Gasteiger partial charge < -0.3 is 5.11 Å². The normalized spacial score (nSPS) is 22.1. The predicted octanol–water partition coefficient (Wildman–Crippen LogP) is 5.38. The highest BCUT2D eigenvalue weighted by atomic mass is 32.2. The van der Waals surface area contributed by atoms with E-state index in [1.54, 1.807) is 16.7 Å². The zero-order valence-electron chi connectivity index (χ0n) is 20.5. The molecule has 6 rings (SSSR count). The van der Waals surface area contributed by atoms with Gasteiger partial charge in [0.2, 0.25) is 5.91 Å². The van der Waals surface area contributed by atoms with Crippen molar-refractivity contribution in [3.05, 3.63) is 119 Å². The Morgan fingerprint density at radius 1 is 0.838 bits per heavy atom. The number of thioether (sulfide) groups is 1. The van der Waals surface area contributed by atoms with Gasteiger partial charge in [0.25, 0.3) is 0 Å². The summed E-state index contributed by atoms with van der Waals surface area (Å²) in [4.78, 5) is 27.8. The molecule has 2 fully saturated rings. The third kappa shape index (κ3) is 3.99. The first-order chi connectivity index (χ1) is 18.1. The van der Waals surface area contributed by atoms with Crippen molar-refractivity contribution >= 4 is 23.6 Å². The molecule has 1 saturated heterocycles. The van der Waals surface area contributed by atoms with Crippen molar-refractivity contribution in [2.75, 3.05) is 5.75 Å². The monoisotopic (exact) mass is 510 g/mol. The minimum absolute atomic E-state index is 0.169. The van der Waals surface area contributed by atoms with E-state index in [1.807, 2.05) is 54.6 Å². The van der Waals surface area contributed by atoms with Gasteiger partial charge in [-0.15, -0.1) is 11.8 Å². The van der Waals surface area contributed by atoms with Gasteiger partial charge in [0.1, 0.15) is 17.1 Å². The molecule has 3 aliphatic rings. The smallest absolute Gasteiger partial charge is 0.352 e. The first kappa shape index (κ1) is 24.0. The molecule has 0 radical (unpaired) electrons. The zero-order valence-corrected chi connectivity index (χ0v) is 21.4. The van der Waals surface area contributed by atoms with Gasteiger partial charge in [-0.3, -0.25) is 15.0 Å². The number of carboxylic acid groups (broad SMARTS) is 1. The molecule has 0 spiro atoms. The van der Waals surface area contributed by atoms with E-state index >= 15 is 0 Å². The fourth-order valence-electron chi connectivity index (χ4n) is 6.28. The first-order valence-electron chi connectivity index (χ1n) is 13.0. The molecule has 0 aromatic heterocycles. The third-order valence-corrected chi connectivity index (χ3v) is 9.34. The third-order valence-electron chi connectivity index (χ3n) is 8.04. The summed E-state index contributed by atoms with van der Waals surface area (Å²) >= 11 is 1.69. The topological polar surface area (TPSA) is 69.6 Å². The van der Waals surface area contributed by atoms with Crippen LogP contribution in [0.1, 0.15) is 42.4 Å². The molecule has 2 heterocycles. The van der Waals surface area contributed by atoms with Crippen LogP contribution in [0.15, 0.2) is 102 Å². The van der Waals surface area contributed by atoms with E-state index in [1.165, 1.54) is 0 Å². The molecule has 5 nitrogen and oxygen atoms in total. The van der Waals surface area contributed by atoms with Crippen LogP contribution in [0.4, 0.5) is 0 Å². The number of nitrogens with zero attached hydrogens (tertiary/aromatic N) is 1. The van der Waals surface area contributed by atoms with Crippen LogP contribution in [0, 0.1) is 5.92 Å². The number of benzene rings is 3. The zero-order chi connectivity index (χ0) is 25.4. The van der Waals surface area contributed by atoms with Gasteiger partial charge in [-0.05, 0) is 41.0 Å². The molecule has 37 heavy (non-hydrogen) atoms. The van der Waals surface area contributed by atoms with Gasteiger partial charge in [0.05, 0.1) is 5.54 Å². The van der Waals surface area contributed by atoms with Crippen molar-refractivity contribution in [1.29, 1.82) is 0 Å². The quantitative estimate of drug-likeness (QED) is 0.330. The maximum absolute atomic E-state index is 13.8. The molecular weight excluding hydrogens is 480 g/mol. The summed E-state index contributed by atoms with van der Waals surface area (Å²) in [5, 5.41) is 13.7. The van der Waals surface area contributed by atoms with Gasteiger partial charge in [0, 0.05) is 5.75 Å². The van der Waals surface area contributed by atoms with Crippen LogP contribution in [-0.2, 0) is 15.1 Å². The summed E-state index contributed by atoms with van der Waals surface area (Å²) in [6.07, 6.45) is 4.28. The molecule has 2 aliphatic heterocycles. The van der Waals surface area contributed by atoms with Crippen LogP contribution in [-0.4, -0.2) is 39.1 Å². The number of carbonyl (C=O) groups is 2. The second-order valence-electron chi connectivity index (χ2n) is 10.0. The summed E-state index contributed by atoms with van der Waals surface area (Å²) in [5.74, 6) is -0.221. The highest BCUT2D eigenvalue weighted by Crippen LogP contribution is 2.47. The molecule has 188 valence electrons. The summed E-state index contributed by atoms with van der Waals surface area (Å²) in [6.45, 7) is 0. The highest BCUT2D eigenvalue weighted by molar-refractivity contribution is 8.00. The van der Waals surface area contributed by atoms with Gasteiger partial charge in [-0.2, -0.15) is 0 Å². The molecule has 1 amide bonds. The lowest BCUT2D eigenvalue weighted by Gasteiger charge is -2.53. The number of rotatable bonds is 7. The number of hydrogen-bond acceptors (Lipinski definition) is 4. The van der Waals surface area contributed by atoms with Crippen LogP contribution in [0.25, 0.3) is 0 Å². The second kappa shape index (κ2) is 9.84. The standard InChI is InChI=1S/C31H30N2O3S/c34-28-26(29-33(28)27(30(35)36)25(20-37-29)21-12-10-11-13-21)32-31(22-14-4-1-5-15-22,23-16-6-2-7-17-23)24-18-8-3-9-19-24/h1-9,14-19,21,26,29,32H,10-13,20H2,(H,35,36)/t26?,29-/m0/s1. The Labute approximate surface area is 221 Å². The van der Waals surface area contributed by atoms with E-state index < -0.39 is 17.6 Å². The van der Waals surface area contributed by atoms with Crippen LogP contribution in [0.5, 0.6) is 0 Å². The van der Waals surface area contributed by atoms with E-state index in [0.717, 1.165) is 47.9 Å². The SMILES string of the molecule is O=C(O)C1=C(C2CCCC2)CS[C@H]2C(NC(c3ccccc3)(c3ccccc3)c3ccccc3)C(=O)N12. The van der Waals surface area contributed by atoms with Crippen molar-refractivity contribution in [2.45, 2.75) is 42.6 Å². The number of β-lactam (4-membered cyclic amide) rings is 1. The predicted molar refractivity (Wildman–Crippen MR) is 146 cm³/mol. The molecule has 1 saturated carbocycles. The Bertz CT molecular complexity index is 1220. The molecule has 3 aromatic rings. The van der Waals surface area contributed by atoms with E-state index in [-0.39, 0.29) is 22.9 Å². The molecule has 6 heteroatoms. The second-order valence-corrected chi connectivity index (χ2v) is 11.1. The van der Waals surface area contributed by atoms with E-state index in [2.05, 4.69) is 41.7 Å². The molecular formula is C31H30N2O3S. The number of fused-ring (bicyclic) bond motifs is 1. The molecule has 1 unspecified atom stereocenters. The fraction of sp³-hybridized carbons (Fsp3) is 0.290. The summed E-state index contributed by atoms with van der Waals surface area (Å²) < 4.78 is 0. The number of nitrogens with one attached hydrogen (secondary N) is 1. The lowest BCUT2D eigenvalue weighted by molar-refractivity contribution is -0.149. The number of aliphatic carboxylic acids is 1. The highest BCUT2D eigenvalue weighted by Gasteiger charge is 2.56. The minimum Gasteiger partial charge on any atom is -0.477 e. The number of carboxylic acids is 1. The fourth-order valence-corrected chi connectivity index (χ4v) is 7.74. The van der Waals surface area contributed by atoms with Crippen LogP contribution in [0.2, 0.25) is 0 Å². The Morgan fingerprint density at radius 2 is 1.32 bits per heavy atom. The van der Waals surface area contributed by atoms with Crippen molar-refractivity contribution in [3.8, 4) is 0 Å². The maximum Gasteiger partial charge on any atom is 0.352 e. The van der Waals surface area contributed by atoms with Crippen LogP contribution < -0.4 is 5.32 Å². The molecule has 3 aromatic carbocycles. The van der Waals surface area contributed by atoms with E-state index in [9.17, 15) is 14.7 Å². The lowest BCUT2D eigenvalue weighted by atomic mass is 9.76. The Kier molecular flexibility index (Phi) is 6.39. The summed E-state index contributed by atoms with van der Waals surface area (Å²) in [7, 11) is 0. The van der Waals surface area contributed by atoms with Crippen LogP contribution in [0.3, 0.4) is 0 Å². The van der Waals surface area contributed by atoms with Gasteiger partial charge in [-0.25, -0.2) is 4.79 Å². The summed E-state index contributed by atoms with van der Waals surface area (Å²) in [6, 6.07) is 30.1. The van der Waals surface area contributed by atoms with Gasteiger partial charge in [0.15, 0.2) is 0 Å². The lowest BCUT2D eigenvalue weighted by Crippen LogP contribution is -2.72. The number of hydrogen-bond donors (Lipinski definition) is 2. The van der Waals surface area contributed by atoms with Gasteiger partial charge in [-0.1, -0.05) is 104 Å². The average molecular weight is 511 g/mol.